The van der Waals surface area contributed by atoms with E-state index in [0.29, 0.717) is 0 Å². The summed E-state index contributed by atoms with van der Waals surface area (Å²) in [5.41, 5.74) is 2.40. The molecular formula is C11H13N2. The first-order chi connectivity index (χ1) is 6.42. The van der Waals surface area contributed by atoms with Gasteiger partial charge in [0, 0.05) is 18.9 Å². The summed E-state index contributed by atoms with van der Waals surface area (Å²) in [6, 6.07) is 0. The molecule has 2 heterocycles. The van der Waals surface area contributed by atoms with E-state index < -0.39 is 0 Å². The summed E-state index contributed by atoms with van der Waals surface area (Å²) in [7, 11) is 0. The van der Waals surface area contributed by atoms with Crippen molar-refractivity contribution < 1.29 is 0 Å². The molecule has 13 heavy (non-hydrogen) atoms. The van der Waals surface area contributed by atoms with Crippen molar-refractivity contribution in [3.8, 4) is 0 Å². The maximum Gasteiger partial charge on any atom is 0.0645 e. The number of allylic oxidation sites excluding steroid dienone is 4. The van der Waals surface area contributed by atoms with E-state index in [1.54, 1.807) is 0 Å². The predicted octanol–water partition coefficient (Wildman–Crippen LogP) is 1.92. The van der Waals surface area contributed by atoms with E-state index in [1.165, 1.54) is 11.4 Å². The van der Waals surface area contributed by atoms with Crippen LogP contribution in [0.4, 0.5) is 0 Å². The first-order valence-corrected chi connectivity index (χ1v) is 4.50. The second-order valence-corrected chi connectivity index (χ2v) is 3.02. The van der Waals surface area contributed by atoms with Crippen molar-refractivity contribution in [2.24, 2.45) is 0 Å². The van der Waals surface area contributed by atoms with Crippen LogP contribution in [0.3, 0.4) is 0 Å². The second kappa shape index (κ2) is 3.52. The second-order valence-electron chi connectivity index (χ2n) is 3.02. The molecule has 2 aliphatic heterocycles. The SMILES string of the molecule is [CH2]CCN1C=CC=C2NC=CC=C21. The van der Waals surface area contributed by atoms with E-state index in [-0.39, 0.29) is 0 Å². The van der Waals surface area contributed by atoms with Crippen molar-refractivity contribution in [3.63, 3.8) is 0 Å². The molecule has 0 unspecified atom stereocenters. The molecule has 2 aliphatic rings. The van der Waals surface area contributed by atoms with E-state index in [1.807, 2.05) is 12.3 Å². The number of rotatable bonds is 2. The average molecular weight is 173 g/mol. The van der Waals surface area contributed by atoms with Crippen LogP contribution < -0.4 is 5.32 Å². The fourth-order valence-electron chi connectivity index (χ4n) is 1.51. The van der Waals surface area contributed by atoms with Crippen molar-refractivity contribution in [2.45, 2.75) is 6.42 Å². The Bertz CT molecular complexity index is 308. The fraction of sp³-hybridized carbons (Fsp3) is 0.182. The third-order valence-electron chi connectivity index (χ3n) is 2.10. The summed E-state index contributed by atoms with van der Waals surface area (Å²) in [6.07, 6.45) is 13.2. The van der Waals surface area contributed by atoms with Gasteiger partial charge >= 0.3 is 0 Å². The first-order valence-electron chi connectivity index (χ1n) is 4.50. The van der Waals surface area contributed by atoms with Crippen LogP contribution in [0, 0.1) is 6.92 Å². The molecule has 1 N–H and O–H groups in total. The summed E-state index contributed by atoms with van der Waals surface area (Å²) in [6.45, 7) is 4.82. The molecule has 0 atom stereocenters. The van der Waals surface area contributed by atoms with E-state index in [2.05, 4.69) is 41.6 Å². The van der Waals surface area contributed by atoms with E-state index in [4.69, 9.17) is 0 Å². The molecule has 0 spiro atoms. The monoisotopic (exact) mass is 173 g/mol. The molecule has 1 radical (unpaired) electrons. The third-order valence-corrected chi connectivity index (χ3v) is 2.10. The Morgan fingerprint density at radius 1 is 1.31 bits per heavy atom. The lowest BCUT2D eigenvalue weighted by Gasteiger charge is -2.28. The van der Waals surface area contributed by atoms with Crippen LogP contribution in [0.2, 0.25) is 0 Å². The number of fused-ring (bicyclic) bond motifs is 1. The largest absolute Gasteiger partial charge is 0.360 e. The minimum Gasteiger partial charge on any atom is -0.360 e. The van der Waals surface area contributed by atoms with E-state index >= 15 is 0 Å². The van der Waals surface area contributed by atoms with Crippen molar-refractivity contribution in [3.05, 3.63) is 55.0 Å². The van der Waals surface area contributed by atoms with Gasteiger partial charge in [-0.25, -0.2) is 0 Å². The van der Waals surface area contributed by atoms with Crippen LogP contribution in [-0.4, -0.2) is 11.4 Å². The zero-order valence-electron chi connectivity index (χ0n) is 7.53. The van der Waals surface area contributed by atoms with Crippen molar-refractivity contribution in [1.82, 2.24) is 10.2 Å². The van der Waals surface area contributed by atoms with Gasteiger partial charge in [0.1, 0.15) is 0 Å². The Labute approximate surface area is 78.9 Å². The van der Waals surface area contributed by atoms with E-state index in [0.717, 1.165) is 13.0 Å². The van der Waals surface area contributed by atoms with Crippen molar-refractivity contribution in [1.29, 1.82) is 0 Å². The Balaban J connectivity index is 2.23. The lowest BCUT2D eigenvalue weighted by Crippen LogP contribution is -2.26. The number of nitrogens with zero attached hydrogens (tertiary/aromatic N) is 1. The van der Waals surface area contributed by atoms with Gasteiger partial charge in [0.15, 0.2) is 0 Å². The molecule has 0 saturated heterocycles. The smallest absolute Gasteiger partial charge is 0.0645 e. The highest BCUT2D eigenvalue weighted by atomic mass is 15.1. The van der Waals surface area contributed by atoms with Gasteiger partial charge in [-0.1, -0.05) is 6.92 Å². The topological polar surface area (TPSA) is 15.3 Å². The van der Waals surface area contributed by atoms with Crippen LogP contribution in [0.15, 0.2) is 48.1 Å². The standard InChI is InChI=1S/C11H13N2/c1-2-8-13-9-4-5-10-11(13)6-3-7-12-10/h3-7,9,12H,1-2,8H2. The lowest BCUT2D eigenvalue weighted by atomic mass is 10.1. The van der Waals surface area contributed by atoms with Crippen LogP contribution in [0.5, 0.6) is 0 Å². The summed E-state index contributed by atoms with van der Waals surface area (Å²) >= 11 is 0. The lowest BCUT2D eigenvalue weighted by molar-refractivity contribution is 0.468. The Hall–Kier alpha value is -1.44. The normalized spacial score (nSPS) is 19.0. The fourth-order valence-corrected chi connectivity index (χ4v) is 1.51. The predicted molar refractivity (Wildman–Crippen MR) is 54.3 cm³/mol. The van der Waals surface area contributed by atoms with Gasteiger partial charge in [0.2, 0.25) is 0 Å². The van der Waals surface area contributed by atoms with Crippen LogP contribution in [0.25, 0.3) is 0 Å². The molecule has 0 saturated carbocycles. The van der Waals surface area contributed by atoms with Gasteiger partial charge < -0.3 is 10.2 Å². The van der Waals surface area contributed by atoms with Crippen LogP contribution in [0.1, 0.15) is 6.42 Å². The molecular weight excluding hydrogens is 160 g/mol. The quantitative estimate of drug-likeness (QED) is 0.686. The van der Waals surface area contributed by atoms with Crippen molar-refractivity contribution >= 4 is 0 Å². The minimum absolute atomic E-state index is 0.915. The van der Waals surface area contributed by atoms with Gasteiger partial charge in [-0.05, 0) is 30.7 Å². The third kappa shape index (κ3) is 1.52. The molecule has 0 amide bonds. The molecule has 2 heteroatoms. The average Bonchev–Trinajstić information content (AvgIpc) is 2.19. The summed E-state index contributed by atoms with van der Waals surface area (Å²) in [5.74, 6) is 0. The molecule has 67 valence electrons. The van der Waals surface area contributed by atoms with Gasteiger partial charge in [-0.3, -0.25) is 0 Å². The van der Waals surface area contributed by atoms with Crippen LogP contribution >= 0.6 is 0 Å². The van der Waals surface area contributed by atoms with E-state index in [9.17, 15) is 0 Å². The molecule has 0 aromatic carbocycles. The highest BCUT2D eigenvalue weighted by Crippen LogP contribution is 2.20. The summed E-state index contributed by atoms with van der Waals surface area (Å²) < 4.78 is 0. The Morgan fingerprint density at radius 3 is 3.08 bits per heavy atom. The van der Waals surface area contributed by atoms with Crippen LogP contribution in [-0.2, 0) is 0 Å². The molecule has 0 fully saturated rings. The molecule has 2 nitrogen and oxygen atoms in total. The zero-order chi connectivity index (χ0) is 9.10. The Morgan fingerprint density at radius 2 is 2.23 bits per heavy atom. The molecule has 0 aliphatic carbocycles. The molecule has 2 rings (SSSR count). The number of hydrogen-bond acceptors (Lipinski definition) is 2. The van der Waals surface area contributed by atoms with Gasteiger partial charge in [0.05, 0.1) is 11.4 Å². The number of dihydropyridines is 1. The van der Waals surface area contributed by atoms with Gasteiger partial charge in [-0.15, -0.1) is 0 Å². The Kier molecular flexibility index (Phi) is 2.21. The minimum atomic E-state index is 0.915. The van der Waals surface area contributed by atoms with Gasteiger partial charge in [0.25, 0.3) is 0 Å². The van der Waals surface area contributed by atoms with Gasteiger partial charge in [-0.2, -0.15) is 0 Å². The first kappa shape index (κ1) is 8.17. The summed E-state index contributed by atoms with van der Waals surface area (Å²) in [5, 5.41) is 3.21. The van der Waals surface area contributed by atoms with Crippen molar-refractivity contribution in [2.75, 3.05) is 6.54 Å². The summed E-state index contributed by atoms with van der Waals surface area (Å²) in [4.78, 5) is 2.21. The number of hydrogen-bond donors (Lipinski definition) is 1. The molecule has 0 aromatic heterocycles. The maximum atomic E-state index is 3.86. The maximum absolute atomic E-state index is 3.86. The highest BCUT2D eigenvalue weighted by Gasteiger charge is 2.13. The molecule has 0 aromatic rings. The molecule has 0 bridgehead atoms. The highest BCUT2D eigenvalue weighted by molar-refractivity contribution is 5.41. The number of nitrogens with one attached hydrogen (secondary N) is 1. The zero-order valence-corrected chi connectivity index (χ0v) is 7.53.